The molecule has 0 radical (unpaired) electrons. The lowest BCUT2D eigenvalue weighted by Gasteiger charge is -2.41. The standard InChI is InChI=1S/C33H35F4N3O2/c1-20-12-15-25(19-27(20)33(35,36)37)39-31(41)26-10-6-18-40(32(42)29-21(2)7-5-11-28(29)34)30(26)22-13-16-24(17-14-22)38-23-8-3-4-9-23/h5,7,11-17,19,23,26,30,38H,3-4,6,8-10,18H2,1-2H3,(H,39,41)/t26-,30-/m0/s1/i2D3,3D2,4D2. The van der Waals surface area contributed by atoms with E-state index in [1.807, 2.05) is 0 Å². The Balaban J connectivity index is 1.51. The molecule has 5 rings (SSSR count). The Morgan fingerprint density at radius 3 is 2.38 bits per heavy atom. The van der Waals surface area contributed by atoms with Crippen molar-refractivity contribution in [3.8, 4) is 0 Å². The molecule has 2 N–H and O–H groups in total. The van der Waals surface area contributed by atoms with Crippen molar-refractivity contribution >= 4 is 23.2 Å². The van der Waals surface area contributed by atoms with Crippen LogP contribution in [0, 0.1) is 25.5 Å². The number of rotatable bonds is 6. The quantitative estimate of drug-likeness (QED) is 0.287. The lowest BCUT2D eigenvalue weighted by molar-refractivity contribution is -0.138. The van der Waals surface area contributed by atoms with E-state index < -0.39 is 78.1 Å². The third-order valence-corrected chi connectivity index (χ3v) is 7.71. The summed E-state index contributed by atoms with van der Waals surface area (Å²) in [7, 11) is 0. The number of benzene rings is 3. The van der Waals surface area contributed by atoms with Crippen LogP contribution in [0.15, 0.2) is 60.7 Å². The second kappa shape index (κ2) is 12.2. The maximum absolute atomic E-state index is 15.3. The highest BCUT2D eigenvalue weighted by atomic mass is 19.4. The summed E-state index contributed by atoms with van der Waals surface area (Å²) in [6.45, 7) is -1.52. The minimum atomic E-state index is -4.67. The van der Waals surface area contributed by atoms with Gasteiger partial charge in [-0.15, -0.1) is 0 Å². The minimum absolute atomic E-state index is 0.0248. The van der Waals surface area contributed by atoms with Gasteiger partial charge in [-0.25, -0.2) is 4.39 Å². The van der Waals surface area contributed by atoms with Crippen LogP contribution in [0.1, 0.15) is 86.7 Å². The molecule has 3 aromatic rings. The molecule has 1 aliphatic carbocycles. The van der Waals surface area contributed by atoms with Gasteiger partial charge < -0.3 is 15.5 Å². The van der Waals surface area contributed by atoms with Crippen molar-refractivity contribution < 1.29 is 36.7 Å². The van der Waals surface area contributed by atoms with Gasteiger partial charge >= 0.3 is 6.18 Å². The zero-order chi connectivity index (χ0) is 36.1. The van der Waals surface area contributed by atoms with E-state index in [1.54, 1.807) is 24.3 Å². The summed E-state index contributed by atoms with van der Waals surface area (Å²) >= 11 is 0. The van der Waals surface area contributed by atoms with Gasteiger partial charge in [-0.1, -0.05) is 43.1 Å². The van der Waals surface area contributed by atoms with Crippen molar-refractivity contribution in [1.29, 1.82) is 0 Å². The Bertz CT molecular complexity index is 1720. The molecule has 5 nitrogen and oxygen atoms in total. The number of likely N-dealkylation sites (tertiary alicyclic amines) is 1. The van der Waals surface area contributed by atoms with Crippen molar-refractivity contribution in [2.24, 2.45) is 5.92 Å². The highest BCUT2D eigenvalue weighted by molar-refractivity contribution is 5.98. The van der Waals surface area contributed by atoms with E-state index in [4.69, 9.17) is 9.60 Å². The summed E-state index contributed by atoms with van der Waals surface area (Å²) in [6.07, 6.45) is -8.42. The van der Waals surface area contributed by atoms with Crippen LogP contribution >= 0.6 is 0 Å². The number of anilines is 2. The van der Waals surface area contributed by atoms with Crippen LogP contribution in [-0.2, 0) is 11.0 Å². The third kappa shape index (κ3) is 6.30. The zero-order valence-corrected chi connectivity index (χ0v) is 22.8. The summed E-state index contributed by atoms with van der Waals surface area (Å²) in [6, 6.07) is 11.5. The number of piperidine rings is 1. The smallest absolute Gasteiger partial charge is 0.382 e. The average Bonchev–Trinajstić information content (AvgIpc) is 3.21. The fourth-order valence-electron chi connectivity index (χ4n) is 5.61. The van der Waals surface area contributed by atoms with Crippen LogP contribution in [0.5, 0.6) is 0 Å². The van der Waals surface area contributed by atoms with E-state index in [0.717, 1.165) is 18.2 Å². The Morgan fingerprint density at radius 2 is 1.69 bits per heavy atom. The molecule has 2 fully saturated rings. The molecule has 2 amide bonds. The van der Waals surface area contributed by atoms with Gasteiger partial charge in [-0.05, 0) is 86.5 Å². The highest BCUT2D eigenvalue weighted by Gasteiger charge is 2.41. The number of halogens is 4. The number of nitrogens with one attached hydrogen (secondary N) is 2. The molecular formula is C33H35F4N3O2. The second-order valence-electron chi connectivity index (χ2n) is 10.6. The molecule has 1 saturated carbocycles. The summed E-state index contributed by atoms with van der Waals surface area (Å²) < 4.78 is 112. The van der Waals surface area contributed by atoms with Crippen LogP contribution in [0.25, 0.3) is 0 Å². The Kier molecular flexibility index (Phi) is 6.30. The SMILES string of the molecule is [2H]C([2H])([2H])c1cccc(F)c1C(=O)N1CCC[C@H](C(=O)Nc2ccc(C)c(C(F)(F)F)c2)[C@@H]1c1ccc(NC2CC([2H])([2H])C([2H])([2H])C2)cc1. The first-order valence-corrected chi connectivity index (χ1v) is 13.6. The first-order chi connectivity index (χ1) is 22.7. The van der Waals surface area contributed by atoms with Gasteiger partial charge in [0.25, 0.3) is 5.91 Å². The lowest BCUT2D eigenvalue weighted by Crippen LogP contribution is -2.46. The van der Waals surface area contributed by atoms with Crippen molar-refractivity contribution in [2.45, 2.75) is 70.5 Å². The molecule has 1 heterocycles. The maximum Gasteiger partial charge on any atom is 0.416 e. The summed E-state index contributed by atoms with van der Waals surface area (Å²) in [4.78, 5) is 29.2. The maximum atomic E-state index is 15.3. The van der Waals surface area contributed by atoms with Crippen LogP contribution in [0.2, 0.25) is 0 Å². The molecule has 3 aromatic carbocycles. The first-order valence-electron chi connectivity index (χ1n) is 17.1. The Morgan fingerprint density at radius 1 is 0.976 bits per heavy atom. The third-order valence-electron chi connectivity index (χ3n) is 7.71. The van der Waals surface area contributed by atoms with Gasteiger partial charge in [0.1, 0.15) is 5.82 Å². The largest absolute Gasteiger partial charge is 0.416 e. The summed E-state index contributed by atoms with van der Waals surface area (Å²) in [5, 5.41) is 5.67. The molecule has 2 atom stereocenters. The van der Waals surface area contributed by atoms with E-state index in [9.17, 15) is 22.8 Å². The van der Waals surface area contributed by atoms with Crippen LogP contribution < -0.4 is 10.6 Å². The summed E-state index contributed by atoms with van der Waals surface area (Å²) in [5.74, 6) is -3.75. The van der Waals surface area contributed by atoms with E-state index in [-0.39, 0.29) is 43.5 Å². The number of carbonyl (C=O) groups excluding carboxylic acids is 2. The van der Waals surface area contributed by atoms with Crippen LogP contribution in [-0.4, -0.2) is 29.3 Å². The molecule has 1 aliphatic heterocycles. The first kappa shape index (κ1) is 21.8. The topological polar surface area (TPSA) is 61.4 Å². The Hall–Kier alpha value is -3.88. The fraction of sp³-hybridized carbons (Fsp3) is 0.394. The molecule has 42 heavy (non-hydrogen) atoms. The van der Waals surface area contributed by atoms with Crippen LogP contribution in [0.4, 0.5) is 28.9 Å². The van der Waals surface area contributed by atoms with E-state index in [1.165, 1.54) is 30.0 Å². The molecule has 0 bridgehead atoms. The number of alkyl halides is 3. The molecule has 222 valence electrons. The van der Waals surface area contributed by atoms with Gasteiger partial charge in [0.05, 0.1) is 23.1 Å². The molecule has 0 unspecified atom stereocenters. The van der Waals surface area contributed by atoms with Crippen molar-refractivity contribution in [1.82, 2.24) is 4.90 Å². The molecule has 1 saturated heterocycles. The zero-order valence-electron chi connectivity index (χ0n) is 29.8. The predicted octanol–water partition coefficient (Wildman–Crippen LogP) is 8.05. The average molecular weight is 589 g/mol. The molecule has 0 aromatic heterocycles. The van der Waals surface area contributed by atoms with E-state index >= 15 is 4.39 Å². The monoisotopic (exact) mass is 588 g/mol. The lowest BCUT2D eigenvalue weighted by atomic mass is 9.83. The highest BCUT2D eigenvalue weighted by Crippen LogP contribution is 2.40. The van der Waals surface area contributed by atoms with Crippen molar-refractivity contribution in [3.05, 3.63) is 94.3 Å². The fourth-order valence-corrected chi connectivity index (χ4v) is 5.61. The number of aryl methyl sites for hydroxylation is 2. The number of hydrogen-bond donors (Lipinski definition) is 2. The Labute approximate surface area is 253 Å². The predicted molar refractivity (Wildman–Crippen MR) is 155 cm³/mol. The molecule has 2 aliphatic rings. The van der Waals surface area contributed by atoms with Gasteiger partial charge in [0.15, 0.2) is 0 Å². The number of hydrogen-bond acceptors (Lipinski definition) is 3. The number of carbonyl (C=O) groups is 2. The number of amides is 2. The van der Waals surface area contributed by atoms with Crippen LogP contribution in [0.3, 0.4) is 0 Å². The number of nitrogens with zero attached hydrogens (tertiary/aromatic N) is 1. The van der Waals surface area contributed by atoms with Crippen molar-refractivity contribution in [2.75, 3.05) is 17.2 Å². The van der Waals surface area contributed by atoms with Gasteiger partial charge in [0, 0.05) is 33.6 Å². The molecular weight excluding hydrogens is 546 g/mol. The van der Waals surface area contributed by atoms with E-state index in [2.05, 4.69) is 10.6 Å². The van der Waals surface area contributed by atoms with E-state index in [0.29, 0.717) is 11.3 Å². The van der Waals surface area contributed by atoms with Crippen molar-refractivity contribution in [3.63, 3.8) is 0 Å². The normalized spacial score (nSPS) is 24.7. The molecule has 0 spiro atoms. The van der Waals surface area contributed by atoms with Gasteiger partial charge in [0.2, 0.25) is 5.91 Å². The minimum Gasteiger partial charge on any atom is -0.382 e. The van der Waals surface area contributed by atoms with Gasteiger partial charge in [-0.3, -0.25) is 9.59 Å². The second-order valence-corrected chi connectivity index (χ2v) is 10.6. The molecule has 9 heteroatoms. The summed E-state index contributed by atoms with van der Waals surface area (Å²) in [5.41, 5.74) is -1.32. The van der Waals surface area contributed by atoms with Gasteiger partial charge in [-0.2, -0.15) is 13.2 Å².